The van der Waals surface area contributed by atoms with Gasteiger partial charge in [0.1, 0.15) is 0 Å². The molecule has 0 amide bonds. The number of aliphatic imine (C=N–C) groups is 1. The number of ketones is 1. The Morgan fingerprint density at radius 2 is 1.80 bits per heavy atom. The van der Waals surface area contributed by atoms with Crippen LogP contribution in [0.1, 0.15) is 44.4 Å². The molecule has 0 fully saturated rings. The summed E-state index contributed by atoms with van der Waals surface area (Å²) in [5, 5.41) is 0. The Labute approximate surface area is 152 Å². The zero-order valence-electron chi connectivity index (χ0n) is 16.5. The third kappa shape index (κ3) is 5.82. The second-order valence-electron chi connectivity index (χ2n) is 6.15. The summed E-state index contributed by atoms with van der Waals surface area (Å²) >= 11 is 0. The van der Waals surface area contributed by atoms with Gasteiger partial charge in [0.05, 0.1) is 5.71 Å². The standard InChI is InChI=1S/C23H29NO/c1-8-10-20(9-2)23(24-7)15-22(19(6)25)18(5)14-21-12-11-16(3)13-17(21)4/h8-15H,1-7H3/b10-8-,18-14+,20-9+,22-15-,24-23?. The smallest absolute Gasteiger partial charge is 0.160 e. The van der Waals surface area contributed by atoms with E-state index in [-0.39, 0.29) is 5.78 Å². The first kappa shape index (κ1) is 20.6. The topological polar surface area (TPSA) is 29.4 Å². The van der Waals surface area contributed by atoms with E-state index in [1.54, 1.807) is 14.0 Å². The zero-order chi connectivity index (χ0) is 19.0. The first-order valence-electron chi connectivity index (χ1n) is 8.58. The Morgan fingerprint density at radius 1 is 1.12 bits per heavy atom. The molecule has 1 aromatic rings. The van der Waals surface area contributed by atoms with Crippen LogP contribution in [0.3, 0.4) is 0 Å². The molecule has 0 bridgehead atoms. The van der Waals surface area contributed by atoms with Gasteiger partial charge in [0, 0.05) is 12.6 Å². The number of nitrogens with zero attached hydrogens (tertiary/aromatic N) is 1. The zero-order valence-corrected chi connectivity index (χ0v) is 16.5. The Hall–Kier alpha value is -2.48. The Bertz CT molecular complexity index is 786. The Kier molecular flexibility index (Phi) is 8.00. The van der Waals surface area contributed by atoms with Crippen LogP contribution in [0.15, 0.2) is 64.2 Å². The van der Waals surface area contributed by atoms with Gasteiger partial charge < -0.3 is 0 Å². The van der Waals surface area contributed by atoms with Crippen molar-refractivity contribution in [2.75, 3.05) is 7.05 Å². The highest BCUT2D eigenvalue weighted by molar-refractivity contribution is 6.15. The molecule has 0 saturated carbocycles. The fourth-order valence-corrected chi connectivity index (χ4v) is 2.71. The SMILES string of the molecule is C/C=C\C(=C/C)C(/C=C(C(C)=O)/C(C)=C/c1ccc(C)cc1C)=NC. The van der Waals surface area contributed by atoms with E-state index in [1.165, 1.54) is 11.1 Å². The van der Waals surface area contributed by atoms with Crippen LogP contribution in [0.2, 0.25) is 0 Å². The van der Waals surface area contributed by atoms with Gasteiger partial charge in [-0.15, -0.1) is 0 Å². The Morgan fingerprint density at radius 3 is 2.28 bits per heavy atom. The number of hydrogen-bond donors (Lipinski definition) is 0. The van der Waals surface area contributed by atoms with Crippen LogP contribution in [-0.2, 0) is 4.79 Å². The molecule has 1 aromatic carbocycles. The monoisotopic (exact) mass is 335 g/mol. The highest BCUT2D eigenvalue weighted by Gasteiger charge is 2.10. The first-order chi connectivity index (χ1) is 11.8. The molecule has 0 radical (unpaired) electrons. The molecule has 1 rings (SSSR count). The number of carbonyl (C=O) groups is 1. The van der Waals surface area contributed by atoms with Crippen molar-refractivity contribution in [3.63, 3.8) is 0 Å². The normalized spacial score (nSPS) is 14.4. The molecular formula is C23H29NO. The van der Waals surface area contributed by atoms with Crippen LogP contribution in [0.25, 0.3) is 6.08 Å². The number of Topliss-reactive ketones (excluding diaryl/α,β-unsaturated/α-hetero) is 1. The molecule has 0 heterocycles. The number of hydrogen-bond acceptors (Lipinski definition) is 2. The van der Waals surface area contributed by atoms with Gasteiger partial charge in [-0.25, -0.2) is 0 Å². The first-order valence-corrected chi connectivity index (χ1v) is 8.58. The second-order valence-corrected chi connectivity index (χ2v) is 6.15. The highest BCUT2D eigenvalue weighted by Crippen LogP contribution is 2.20. The lowest BCUT2D eigenvalue weighted by molar-refractivity contribution is -0.113. The number of rotatable bonds is 6. The average molecular weight is 335 g/mol. The summed E-state index contributed by atoms with van der Waals surface area (Å²) in [6, 6.07) is 6.34. The lowest BCUT2D eigenvalue weighted by Crippen LogP contribution is -2.05. The van der Waals surface area contributed by atoms with E-state index in [0.29, 0.717) is 5.57 Å². The predicted octanol–water partition coefficient (Wildman–Crippen LogP) is 5.82. The average Bonchev–Trinajstić information content (AvgIpc) is 2.56. The molecule has 2 nitrogen and oxygen atoms in total. The van der Waals surface area contributed by atoms with E-state index in [2.05, 4.69) is 43.1 Å². The second kappa shape index (κ2) is 9.73. The molecule has 25 heavy (non-hydrogen) atoms. The van der Waals surface area contributed by atoms with E-state index in [1.807, 2.05) is 45.1 Å². The van der Waals surface area contributed by atoms with Crippen LogP contribution >= 0.6 is 0 Å². The maximum Gasteiger partial charge on any atom is 0.160 e. The molecule has 0 atom stereocenters. The van der Waals surface area contributed by atoms with Crippen LogP contribution in [0.5, 0.6) is 0 Å². The van der Waals surface area contributed by atoms with Gasteiger partial charge >= 0.3 is 0 Å². The number of aryl methyl sites for hydroxylation is 2. The molecule has 0 N–H and O–H groups in total. The molecule has 0 aliphatic rings. The van der Waals surface area contributed by atoms with Gasteiger partial charge in [0.2, 0.25) is 0 Å². The van der Waals surface area contributed by atoms with Crippen LogP contribution in [0, 0.1) is 13.8 Å². The molecule has 0 unspecified atom stereocenters. The van der Waals surface area contributed by atoms with E-state index >= 15 is 0 Å². The summed E-state index contributed by atoms with van der Waals surface area (Å²) in [5.74, 6) is 0.0376. The van der Waals surface area contributed by atoms with Gasteiger partial charge in [-0.05, 0) is 69.9 Å². The Balaban J connectivity index is 3.39. The minimum absolute atomic E-state index is 0.0376. The summed E-state index contributed by atoms with van der Waals surface area (Å²) in [6.45, 7) is 11.7. The van der Waals surface area contributed by atoms with Crippen molar-refractivity contribution < 1.29 is 4.79 Å². The number of allylic oxidation sites excluding steroid dienone is 7. The van der Waals surface area contributed by atoms with Gasteiger partial charge in [0.25, 0.3) is 0 Å². The molecular weight excluding hydrogens is 306 g/mol. The molecule has 2 heteroatoms. The van der Waals surface area contributed by atoms with E-state index in [0.717, 1.165) is 22.4 Å². The molecule has 0 aromatic heterocycles. The maximum atomic E-state index is 12.2. The molecule has 0 spiro atoms. The minimum Gasteiger partial charge on any atom is -0.294 e. The quantitative estimate of drug-likeness (QED) is 0.366. The van der Waals surface area contributed by atoms with Crippen molar-refractivity contribution in [1.29, 1.82) is 0 Å². The van der Waals surface area contributed by atoms with Crippen molar-refractivity contribution in [3.05, 3.63) is 75.9 Å². The predicted molar refractivity (Wildman–Crippen MR) is 110 cm³/mol. The van der Waals surface area contributed by atoms with Crippen LogP contribution < -0.4 is 0 Å². The highest BCUT2D eigenvalue weighted by atomic mass is 16.1. The fourth-order valence-electron chi connectivity index (χ4n) is 2.71. The lowest BCUT2D eigenvalue weighted by Gasteiger charge is -2.09. The fraction of sp³-hybridized carbons (Fsp3) is 0.304. The van der Waals surface area contributed by atoms with Crippen molar-refractivity contribution in [3.8, 4) is 0 Å². The van der Waals surface area contributed by atoms with Crippen molar-refractivity contribution >= 4 is 17.6 Å². The summed E-state index contributed by atoms with van der Waals surface area (Å²) in [5.41, 5.74) is 7.00. The largest absolute Gasteiger partial charge is 0.294 e. The maximum absolute atomic E-state index is 12.2. The van der Waals surface area contributed by atoms with Crippen LogP contribution in [-0.4, -0.2) is 18.5 Å². The number of carbonyl (C=O) groups excluding carboxylic acids is 1. The lowest BCUT2D eigenvalue weighted by atomic mass is 9.96. The van der Waals surface area contributed by atoms with E-state index in [4.69, 9.17) is 0 Å². The molecule has 0 aliphatic carbocycles. The molecule has 132 valence electrons. The van der Waals surface area contributed by atoms with Crippen LogP contribution in [0.4, 0.5) is 0 Å². The van der Waals surface area contributed by atoms with Gasteiger partial charge in [0.15, 0.2) is 5.78 Å². The summed E-state index contributed by atoms with van der Waals surface area (Å²) in [7, 11) is 1.75. The van der Waals surface area contributed by atoms with Crippen molar-refractivity contribution in [2.45, 2.75) is 41.5 Å². The molecule has 0 saturated heterocycles. The minimum atomic E-state index is 0.0376. The van der Waals surface area contributed by atoms with Gasteiger partial charge in [-0.3, -0.25) is 9.79 Å². The third-order valence-electron chi connectivity index (χ3n) is 4.08. The summed E-state index contributed by atoms with van der Waals surface area (Å²) in [6.07, 6.45) is 9.92. The summed E-state index contributed by atoms with van der Waals surface area (Å²) < 4.78 is 0. The number of benzene rings is 1. The molecule has 0 aliphatic heterocycles. The third-order valence-corrected chi connectivity index (χ3v) is 4.08. The summed E-state index contributed by atoms with van der Waals surface area (Å²) in [4.78, 5) is 16.6. The van der Waals surface area contributed by atoms with Crippen molar-refractivity contribution in [2.24, 2.45) is 4.99 Å². The van der Waals surface area contributed by atoms with E-state index in [9.17, 15) is 4.79 Å². The van der Waals surface area contributed by atoms with Gasteiger partial charge in [-0.2, -0.15) is 0 Å². The van der Waals surface area contributed by atoms with Gasteiger partial charge in [-0.1, -0.05) is 48.1 Å². The van der Waals surface area contributed by atoms with Crippen molar-refractivity contribution in [1.82, 2.24) is 0 Å². The van der Waals surface area contributed by atoms with E-state index < -0.39 is 0 Å².